The fourth-order valence-electron chi connectivity index (χ4n) is 2.77. The van der Waals surface area contributed by atoms with Crippen LogP contribution in [0.25, 0.3) is 0 Å². The zero-order valence-corrected chi connectivity index (χ0v) is 17.0. The van der Waals surface area contributed by atoms with Gasteiger partial charge in [-0.25, -0.2) is 0 Å². The lowest BCUT2D eigenvalue weighted by atomic mass is 10.2. The molecule has 1 aliphatic heterocycles. The summed E-state index contributed by atoms with van der Waals surface area (Å²) in [6.45, 7) is 20.8. The summed E-state index contributed by atoms with van der Waals surface area (Å²) in [5.74, 6) is 0.688. The Kier molecular flexibility index (Phi) is 13.6. The number of ether oxygens (including phenoxy) is 3. The molecular formula is C19H41N3O3. The standard InChI is InChI=1S/C19H41N3O3/c1-18(2)17-20-5-11-23-13-15-25-16-14-24-12-10-21-6-8-22(9-7-21)19(3)4/h18-20H,5-17H2,1-4H3. The molecule has 1 N–H and O–H groups in total. The van der Waals surface area contributed by atoms with Crippen molar-refractivity contribution in [2.24, 2.45) is 5.92 Å². The molecule has 0 aromatic carbocycles. The monoisotopic (exact) mass is 359 g/mol. The summed E-state index contributed by atoms with van der Waals surface area (Å²) < 4.78 is 16.7. The van der Waals surface area contributed by atoms with Crippen molar-refractivity contribution in [1.29, 1.82) is 0 Å². The maximum Gasteiger partial charge on any atom is 0.0701 e. The fraction of sp³-hybridized carbons (Fsp3) is 1.00. The van der Waals surface area contributed by atoms with Gasteiger partial charge in [0.05, 0.1) is 39.6 Å². The van der Waals surface area contributed by atoms with E-state index in [0.717, 1.165) is 45.9 Å². The minimum absolute atomic E-state index is 0.644. The van der Waals surface area contributed by atoms with Gasteiger partial charge in [0.25, 0.3) is 0 Å². The maximum atomic E-state index is 5.66. The minimum Gasteiger partial charge on any atom is -0.378 e. The van der Waals surface area contributed by atoms with Gasteiger partial charge in [0.2, 0.25) is 0 Å². The second-order valence-electron chi connectivity index (χ2n) is 7.41. The number of hydrogen-bond donors (Lipinski definition) is 1. The number of rotatable bonds is 15. The Balaban J connectivity index is 1.76. The van der Waals surface area contributed by atoms with E-state index in [1.807, 2.05) is 0 Å². The van der Waals surface area contributed by atoms with Gasteiger partial charge in [-0.1, -0.05) is 13.8 Å². The molecular weight excluding hydrogens is 318 g/mol. The molecule has 25 heavy (non-hydrogen) atoms. The smallest absolute Gasteiger partial charge is 0.0701 e. The van der Waals surface area contributed by atoms with Crippen LogP contribution in [0.3, 0.4) is 0 Å². The van der Waals surface area contributed by atoms with Crippen LogP contribution < -0.4 is 5.32 Å². The number of nitrogens with zero attached hydrogens (tertiary/aromatic N) is 2. The molecule has 0 amide bonds. The van der Waals surface area contributed by atoms with E-state index in [-0.39, 0.29) is 0 Å². The second kappa shape index (κ2) is 14.9. The Morgan fingerprint density at radius 1 is 0.760 bits per heavy atom. The quantitative estimate of drug-likeness (QED) is 0.445. The van der Waals surface area contributed by atoms with E-state index in [0.29, 0.717) is 38.4 Å². The minimum atomic E-state index is 0.644. The first kappa shape index (κ1) is 22.8. The van der Waals surface area contributed by atoms with Crippen LogP contribution in [-0.4, -0.2) is 101 Å². The molecule has 6 heteroatoms. The predicted octanol–water partition coefficient (Wildman–Crippen LogP) is 1.31. The second-order valence-corrected chi connectivity index (χ2v) is 7.41. The van der Waals surface area contributed by atoms with Crippen LogP contribution in [0, 0.1) is 5.92 Å². The van der Waals surface area contributed by atoms with E-state index < -0.39 is 0 Å². The van der Waals surface area contributed by atoms with Gasteiger partial charge in [-0.3, -0.25) is 9.80 Å². The zero-order chi connectivity index (χ0) is 18.3. The van der Waals surface area contributed by atoms with Crippen molar-refractivity contribution in [3.8, 4) is 0 Å². The maximum absolute atomic E-state index is 5.66. The van der Waals surface area contributed by atoms with Gasteiger partial charge in [0.15, 0.2) is 0 Å². The summed E-state index contributed by atoms with van der Waals surface area (Å²) in [5.41, 5.74) is 0. The lowest BCUT2D eigenvalue weighted by Gasteiger charge is -2.36. The van der Waals surface area contributed by atoms with Crippen LogP contribution >= 0.6 is 0 Å². The highest BCUT2D eigenvalue weighted by Crippen LogP contribution is 2.05. The molecule has 1 aliphatic rings. The molecule has 150 valence electrons. The van der Waals surface area contributed by atoms with E-state index >= 15 is 0 Å². The Labute approximate surface area is 155 Å². The van der Waals surface area contributed by atoms with E-state index in [2.05, 4.69) is 42.8 Å². The van der Waals surface area contributed by atoms with Crippen LogP contribution in [0.15, 0.2) is 0 Å². The van der Waals surface area contributed by atoms with Crippen molar-refractivity contribution in [2.45, 2.75) is 33.7 Å². The van der Waals surface area contributed by atoms with Crippen LogP contribution in [0.4, 0.5) is 0 Å². The highest BCUT2D eigenvalue weighted by atomic mass is 16.5. The molecule has 0 saturated carbocycles. The lowest BCUT2D eigenvalue weighted by Crippen LogP contribution is -2.49. The molecule has 0 bridgehead atoms. The normalized spacial score (nSPS) is 17.0. The van der Waals surface area contributed by atoms with E-state index in [9.17, 15) is 0 Å². The average molecular weight is 360 g/mol. The van der Waals surface area contributed by atoms with E-state index in [1.54, 1.807) is 0 Å². The third-order valence-corrected chi connectivity index (χ3v) is 4.41. The third kappa shape index (κ3) is 12.7. The summed E-state index contributed by atoms with van der Waals surface area (Å²) in [7, 11) is 0. The van der Waals surface area contributed by atoms with Gasteiger partial charge in [0, 0.05) is 45.3 Å². The lowest BCUT2D eigenvalue weighted by molar-refractivity contribution is 0.00756. The number of nitrogens with one attached hydrogen (secondary N) is 1. The topological polar surface area (TPSA) is 46.2 Å². The first-order chi connectivity index (χ1) is 12.1. The molecule has 0 aliphatic carbocycles. The SMILES string of the molecule is CC(C)CNCCOCCOCCOCCN1CCN(C(C)C)CC1. The molecule has 1 rings (SSSR count). The highest BCUT2D eigenvalue weighted by Gasteiger charge is 2.17. The Hall–Kier alpha value is -0.240. The van der Waals surface area contributed by atoms with Gasteiger partial charge in [-0.15, -0.1) is 0 Å². The van der Waals surface area contributed by atoms with Crippen molar-refractivity contribution in [3.05, 3.63) is 0 Å². The first-order valence-electron chi connectivity index (χ1n) is 10.00. The zero-order valence-electron chi connectivity index (χ0n) is 17.0. The average Bonchev–Trinajstić information content (AvgIpc) is 2.59. The molecule has 0 unspecified atom stereocenters. The molecule has 1 heterocycles. The number of piperazine rings is 1. The highest BCUT2D eigenvalue weighted by molar-refractivity contribution is 4.73. The molecule has 0 aromatic rings. The van der Waals surface area contributed by atoms with Gasteiger partial charge >= 0.3 is 0 Å². The van der Waals surface area contributed by atoms with Crippen LogP contribution in [-0.2, 0) is 14.2 Å². The van der Waals surface area contributed by atoms with Crippen molar-refractivity contribution < 1.29 is 14.2 Å². The van der Waals surface area contributed by atoms with Crippen LogP contribution in [0.1, 0.15) is 27.7 Å². The van der Waals surface area contributed by atoms with Gasteiger partial charge < -0.3 is 19.5 Å². The largest absolute Gasteiger partial charge is 0.378 e. The Bertz CT molecular complexity index is 296. The van der Waals surface area contributed by atoms with E-state index in [4.69, 9.17) is 14.2 Å². The molecule has 0 aromatic heterocycles. The van der Waals surface area contributed by atoms with Crippen LogP contribution in [0.2, 0.25) is 0 Å². The summed E-state index contributed by atoms with van der Waals surface area (Å²) in [6.07, 6.45) is 0. The molecule has 0 radical (unpaired) electrons. The molecule has 1 saturated heterocycles. The molecule has 0 spiro atoms. The van der Waals surface area contributed by atoms with Gasteiger partial charge in [0.1, 0.15) is 0 Å². The van der Waals surface area contributed by atoms with Gasteiger partial charge in [-0.05, 0) is 26.3 Å². The number of hydrogen-bond acceptors (Lipinski definition) is 6. The van der Waals surface area contributed by atoms with Crippen molar-refractivity contribution >= 4 is 0 Å². The molecule has 6 nitrogen and oxygen atoms in total. The van der Waals surface area contributed by atoms with E-state index in [1.165, 1.54) is 13.1 Å². The first-order valence-corrected chi connectivity index (χ1v) is 10.00. The Morgan fingerprint density at radius 2 is 1.32 bits per heavy atom. The van der Waals surface area contributed by atoms with Crippen molar-refractivity contribution in [3.63, 3.8) is 0 Å². The van der Waals surface area contributed by atoms with Crippen molar-refractivity contribution in [1.82, 2.24) is 15.1 Å². The fourth-order valence-corrected chi connectivity index (χ4v) is 2.77. The summed E-state index contributed by atoms with van der Waals surface area (Å²) in [5, 5.41) is 3.35. The molecule has 1 fully saturated rings. The summed E-state index contributed by atoms with van der Waals surface area (Å²) >= 11 is 0. The third-order valence-electron chi connectivity index (χ3n) is 4.41. The van der Waals surface area contributed by atoms with Crippen LogP contribution in [0.5, 0.6) is 0 Å². The Morgan fingerprint density at radius 3 is 1.88 bits per heavy atom. The predicted molar refractivity (Wildman–Crippen MR) is 103 cm³/mol. The molecule has 0 atom stereocenters. The van der Waals surface area contributed by atoms with Crippen molar-refractivity contribution in [2.75, 3.05) is 85.5 Å². The summed E-state index contributed by atoms with van der Waals surface area (Å²) in [4.78, 5) is 5.02. The summed E-state index contributed by atoms with van der Waals surface area (Å²) in [6, 6.07) is 0.663. The van der Waals surface area contributed by atoms with Gasteiger partial charge in [-0.2, -0.15) is 0 Å².